The van der Waals surface area contributed by atoms with Crippen LogP contribution in [0.5, 0.6) is 0 Å². The molecule has 0 spiro atoms. The van der Waals surface area contributed by atoms with Crippen LogP contribution in [-0.4, -0.2) is 31.7 Å². The quantitative estimate of drug-likeness (QED) is 0.503. The van der Waals surface area contributed by atoms with Gasteiger partial charge >= 0.3 is 5.97 Å². The second-order valence-corrected chi connectivity index (χ2v) is 8.18. The van der Waals surface area contributed by atoms with E-state index in [0.29, 0.717) is 16.8 Å². The van der Waals surface area contributed by atoms with Crippen molar-refractivity contribution in [1.82, 2.24) is 0 Å². The molecule has 0 saturated carbocycles. The number of hydrogen-bond donors (Lipinski definition) is 0. The first-order valence-electron chi connectivity index (χ1n) is 10.1. The Balaban J connectivity index is 0.00000289. The highest BCUT2D eigenvalue weighted by Gasteiger charge is 2.39. The number of esters is 1. The highest BCUT2D eigenvalue weighted by molar-refractivity contribution is 6.29. The third-order valence-corrected chi connectivity index (χ3v) is 5.93. The molecule has 6 nitrogen and oxygen atoms in total. The molecule has 0 bridgehead atoms. The molecule has 2 aliphatic heterocycles. The second-order valence-electron chi connectivity index (χ2n) is 8.18. The number of nitrogens with zero attached hydrogens (tertiary/aromatic N) is 3. The number of amides is 1. The van der Waals surface area contributed by atoms with E-state index in [1.54, 1.807) is 6.07 Å². The number of likely N-dealkylation sites (N-methyl/N-ethyl adjacent to an activating group) is 1. The monoisotopic (exact) mass is 431 g/mol. The van der Waals surface area contributed by atoms with Crippen LogP contribution >= 0.6 is 0 Å². The molecule has 2 aliphatic rings. The van der Waals surface area contributed by atoms with Crippen LogP contribution in [0.4, 0.5) is 11.4 Å². The van der Waals surface area contributed by atoms with Gasteiger partial charge in [-0.2, -0.15) is 10.1 Å². The Kier molecular flexibility index (Phi) is 6.08. The number of hydrogen-bond acceptors (Lipinski definition) is 5. The van der Waals surface area contributed by atoms with E-state index >= 15 is 0 Å². The van der Waals surface area contributed by atoms with Gasteiger partial charge in [-0.05, 0) is 55.0 Å². The number of ether oxygens (including phenoxy) is 1. The number of benzene rings is 2. The maximum Gasteiger partial charge on any atom is 0.337 e. The van der Waals surface area contributed by atoms with Gasteiger partial charge in [0, 0.05) is 23.8 Å². The summed E-state index contributed by atoms with van der Waals surface area (Å²) in [6.45, 7) is 6.05. The number of carbonyl (C=O) groups excluding carboxylic acids is 2. The average Bonchev–Trinajstić information content (AvgIpc) is 3.16. The maximum atomic E-state index is 13.0. The highest BCUT2D eigenvalue weighted by atomic mass is 16.5. The third kappa shape index (κ3) is 3.62. The number of methoxy groups -OCH3 is 1. The standard InChI is InChI=1S/C25H25N3O3.CH4/c1-16-19(23(29)28(26-16)18-9-7-6-8-10-18)12-14-22-25(2,3)20-15-17(24(30)31-5)11-13-21(20)27(22)4;/h6-15H,1-5H3;1H4/b19-12-,22-14+;. The largest absolute Gasteiger partial charge is 0.465 e. The van der Waals surface area contributed by atoms with Crippen LogP contribution in [0, 0.1) is 0 Å². The maximum absolute atomic E-state index is 13.0. The molecular formula is C26H29N3O3. The number of anilines is 2. The molecule has 0 aromatic heterocycles. The molecule has 166 valence electrons. The number of hydrazone groups is 1. The van der Waals surface area contributed by atoms with Gasteiger partial charge in [-0.3, -0.25) is 4.79 Å². The number of rotatable bonds is 3. The molecular weight excluding hydrogens is 402 g/mol. The third-order valence-electron chi connectivity index (χ3n) is 5.93. The Morgan fingerprint density at radius 1 is 1.09 bits per heavy atom. The predicted molar refractivity (Wildman–Crippen MR) is 129 cm³/mol. The van der Waals surface area contributed by atoms with Crippen molar-refractivity contribution in [2.75, 3.05) is 24.1 Å². The van der Waals surface area contributed by atoms with Gasteiger partial charge < -0.3 is 9.64 Å². The molecule has 0 fully saturated rings. The zero-order valence-electron chi connectivity index (χ0n) is 18.3. The van der Waals surface area contributed by atoms with Gasteiger partial charge in [0.05, 0.1) is 29.6 Å². The van der Waals surface area contributed by atoms with Crippen LogP contribution in [0.1, 0.15) is 44.1 Å². The Morgan fingerprint density at radius 3 is 2.44 bits per heavy atom. The van der Waals surface area contributed by atoms with Crippen LogP contribution in [0.25, 0.3) is 0 Å². The Hall–Kier alpha value is -3.67. The van der Waals surface area contributed by atoms with Crippen molar-refractivity contribution in [2.45, 2.75) is 33.6 Å². The molecule has 2 heterocycles. The lowest BCUT2D eigenvalue weighted by Gasteiger charge is -2.23. The van der Waals surface area contributed by atoms with Crippen molar-refractivity contribution in [2.24, 2.45) is 5.10 Å². The SMILES string of the molecule is C.COC(=O)c1ccc2c(c1)C(C)(C)/C(=C\C=C1/C(=O)N(c3ccccc3)N=C1C)N2C. The minimum Gasteiger partial charge on any atom is -0.465 e. The fourth-order valence-corrected chi connectivity index (χ4v) is 4.20. The number of allylic oxidation sites excluding steroid dienone is 3. The van der Waals surface area contributed by atoms with E-state index < -0.39 is 0 Å². The Bertz CT molecular complexity index is 1160. The van der Waals surface area contributed by atoms with Crippen molar-refractivity contribution in [3.8, 4) is 0 Å². The minimum absolute atomic E-state index is 0. The van der Waals surface area contributed by atoms with Crippen molar-refractivity contribution in [3.05, 3.63) is 83.1 Å². The fraction of sp³-hybridized carbons (Fsp3) is 0.269. The van der Waals surface area contributed by atoms with E-state index in [4.69, 9.17) is 4.74 Å². The van der Waals surface area contributed by atoms with E-state index in [-0.39, 0.29) is 24.7 Å². The molecule has 32 heavy (non-hydrogen) atoms. The summed E-state index contributed by atoms with van der Waals surface area (Å²) in [7, 11) is 3.37. The molecule has 0 unspecified atom stereocenters. The highest BCUT2D eigenvalue weighted by Crippen LogP contribution is 2.47. The van der Waals surface area contributed by atoms with E-state index in [9.17, 15) is 9.59 Å². The van der Waals surface area contributed by atoms with Crippen LogP contribution in [0.3, 0.4) is 0 Å². The van der Waals surface area contributed by atoms with Gasteiger partial charge in [0.2, 0.25) is 0 Å². The Morgan fingerprint density at radius 2 is 1.78 bits per heavy atom. The molecule has 0 saturated heterocycles. The summed E-state index contributed by atoms with van der Waals surface area (Å²) >= 11 is 0. The summed E-state index contributed by atoms with van der Waals surface area (Å²) < 4.78 is 4.87. The summed E-state index contributed by atoms with van der Waals surface area (Å²) in [5.41, 5.74) is 5.24. The lowest BCUT2D eigenvalue weighted by atomic mass is 9.83. The van der Waals surface area contributed by atoms with Crippen molar-refractivity contribution >= 4 is 29.0 Å². The van der Waals surface area contributed by atoms with Gasteiger partial charge in [-0.25, -0.2) is 4.79 Å². The summed E-state index contributed by atoms with van der Waals surface area (Å²) in [6.07, 6.45) is 3.81. The molecule has 6 heteroatoms. The first-order chi connectivity index (χ1) is 14.8. The van der Waals surface area contributed by atoms with E-state index in [0.717, 1.165) is 22.6 Å². The number of carbonyl (C=O) groups is 2. The molecule has 0 N–H and O–H groups in total. The van der Waals surface area contributed by atoms with Crippen molar-refractivity contribution < 1.29 is 14.3 Å². The zero-order chi connectivity index (χ0) is 22.3. The molecule has 4 rings (SSSR count). The fourth-order valence-electron chi connectivity index (χ4n) is 4.20. The normalized spacial score (nSPS) is 19.2. The Labute approximate surface area is 189 Å². The summed E-state index contributed by atoms with van der Waals surface area (Å²) in [6, 6.07) is 15.0. The zero-order valence-corrected chi connectivity index (χ0v) is 18.3. The summed E-state index contributed by atoms with van der Waals surface area (Å²) in [5.74, 6) is -0.505. The first-order valence-corrected chi connectivity index (χ1v) is 10.1. The van der Waals surface area contributed by atoms with Crippen LogP contribution in [0.15, 0.2) is 77.1 Å². The van der Waals surface area contributed by atoms with Gasteiger partial charge in [0.1, 0.15) is 0 Å². The second kappa shape index (κ2) is 8.46. The molecule has 0 radical (unpaired) electrons. The lowest BCUT2D eigenvalue weighted by molar-refractivity contribution is -0.114. The molecule has 0 aliphatic carbocycles. The van der Waals surface area contributed by atoms with Crippen LogP contribution in [-0.2, 0) is 14.9 Å². The van der Waals surface area contributed by atoms with Gasteiger partial charge in [-0.15, -0.1) is 0 Å². The van der Waals surface area contributed by atoms with Gasteiger partial charge in [0.25, 0.3) is 5.91 Å². The number of para-hydroxylation sites is 1. The smallest absolute Gasteiger partial charge is 0.337 e. The van der Waals surface area contributed by atoms with Crippen LogP contribution in [0.2, 0.25) is 0 Å². The van der Waals surface area contributed by atoms with E-state index in [1.165, 1.54) is 12.1 Å². The lowest BCUT2D eigenvalue weighted by Crippen LogP contribution is -2.23. The first kappa shape index (κ1) is 23.0. The van der Waals surface area contributed by atoms with E-state index in [1.807, 2.05) is 68.6 Å². The average molecular weight is 432 g/mol. The molecule has 0 atom stereocenters. The van der Waals surface area contributed by atoms with Crippen LogP contribution < -0.4 is 9.91 Å². The topological polar surface area (TPSA) is 62.2 Å². The molecule has 1 amide bonds. The van der Waals surface area contributed by atoms with Gasteiger partial charge in [0.15, 0.2) is 0 Å². The predicted octanol–water partition coefficient (Wildman–Crippen LogP) is 5.07. The molecule has 2 aromatic rings. The van der Waals surface area contributed by atoms with Crippen molar-refractivity contribution in [3.63, 3.8) is 0 Å². The van der Waals surface area contributed by atoms with E-state index in [2.05, 4.69) is 23.8 Å². The molecule has 2 aromatic carbocycles. The minimum atomic E-state index is -0.356. The van der Waals surface area contributed by atoms with Crippen molar-refractivity contribution in [1.29, 1.82) is 0 Å². The number of fused-ring (bicyclic) bond motifs is 1. The summed E-state index contributed by atoms with van der Waals surface area (Å²) in [5, 5.41) is 5.87. The van der Waals surface area contributed by atoms with Gasteiger partial charge in [-0.1, -0.05) is 39.5 Å². The summed E-state index contributed by atoms with van der Waals surface area (Å²) in [4.78, 5) is 27.1.